The third-order valence-corrected chi connectivity index (χ3v) is 4.46. The first-order valence-corrected chi connectivity index (χ1v) is 6.73. The Hall–Kier alpha value is -1.10. The third kappa shape index (κ3) is 2.82. The summed E-state index contributed by atoms with van der Waals surface area (Å²) in [6.07, 6.45) is -3.04. The minimum atomic E-state index is -4.71. The van der Waals surface area contributed by atoms with Crippen LogP contribution in [-0.4, -0.2) is 5.11 Å². The van der Waals surface area contributed by atoms with Crippen molar-refractivity contribution in [3.63, 3.8) is 0 Å². The molecule has 5 heteroatoms. The van der Waals surface area contributed by atoms with E-state index < -0.39 is 23.2 Å². The lowest BCUT2D eigenvalue weighted by Crippen LogP contribution is -2.35. The molecule has 1 aromatic rings. The normalized spacial score (nSPS) is 31.4. The molecule has 1 saturated carbocycles. The highest BCUT2D eigenvalue weighted by atomic mass is 19.4. The van der Waals surface area contributed by atoms with Crippen LogP contribution in [0, 0.1) is 17.7 Å². The summed E-state index contributed by atoms with van der Waals surface area (Å²) in [6, 6.07) is 2.73. The van der Waals surface area contributed by atoms with Crippen LogP contribution in [0.1, 0.15) is 44.2 Å². The van der Waals surface area contributed by atoms with Crippen molar-refractivity contribution in [3.8, 4) is 0 Å². The van der Waals surface area contributed by atoms with Crippen LogP contribution in [0.5, 0.6) is 0 Å². The molecule has 0 saturated heterocycles. The van der Waals surface area contributed by atoms with Crippen LogP contribution in [0.15, 0.2) is 18.2 Å². The fourth-order valence-corrected chi connectivity index (χ4v) is 2.88. The monoisotopic (exact) mass is 290 g/mol. The Balaban J connectivity index is 2.32. The summed E-state index contributed by atoms with van der Waals surface area (Å²) in [5.74, 6) is -0.622. The molecule has 1 fully saturated rings. The molecular weight excluding hydrogens is 272 g/mol. The van der Waals surface area contributed by atoms with E-state index in [1.165, 1.54) is 6.07 Å². The first-order chi connectivity index (χ1) is 9.13. The first-order valence-electron chi connectivity index (χ1n) is 6.73. The number of halogens is 4. The fourth-order valence-electron chi connectivity index (χ4n) is 2.88. The number of alkyl halides is 3. The van der Waals surface area contributed by atoms with Gasteiger partial charge in [0.15, 0.2) is 0 Å². The van der Waals surface area contributed by atoms with Gasteiger partial charge in [-0.25, -0.2) is 4.39 Å². The number of benzene rings is 1. The van der Waals surface area contributed by atoms with Gasteiger partial charge in [-0.15, -0.1) is 0 Å². The van der Waals surface area contributed by atoms with Crippen molar-refractivity contribution >= 4 is 0 Å². The number of rotatable bonds is 1. The van der Waals surface area contributed by atoms with Gasteiger partial charge in [0.1, 0.15) is 5.82 Å². The molecule has 0 aliphatic heterocycles. The molecule has 0 spiro atoms. The minimum absolute atomic E-state index is 0.238. The molecule has 2 rings (SSSR count). The fraction of sp³-hybridized carbons (Fsp3) is 0.600. The largest absolute Gasteiger partial charge is 0.419 e. The predicted molar refractivity (Wildman–Crippen MR) is 67.5 cm³/mol. The molecule has 0 bridgehead atoms. The summed E-state index contributed by atoms with van der Waals surface area (Å²) in [4.78, 5) is 0. The summed E-state index contributed by atoms with van der Waals surface area (Å²) in [6.45, 7) is 4.08. The highest BCUT2D eigenvalue weighted by Gasteiger charge is 2.39. The van der Waals surface area contributed by atoms with Gasteiger partial charge in [-0.1, -0.05) is 19.9 Å². The zero-order valence-electron chi connectivity index (χ0n) is 11.5. The molecule has 20 heavy (non-hydrogen) atoms. The zero-order valence-corrected chi connectivity index (χ0v) is 11.5. The Morgan fingerprint density at radius 1 is 1.20 bits per heavy atom. The Morgan fingerprint density at radius 3 is 2.35 bits per heavy atom. The van der Waals surface area contributed by atoms with Crippen molar-refractivity contribution in [2.75, 3.05) is 0 Å². The maximum atomic E-state index is 13.6. The smallest absolute Gasteiger partial charge is 0.385 e. The van der Waals surface area contributed by atoms with Crippen molar-refractivity contribution in [1.29, 1.82) is 0 Å². The van der Waals surface area contributed by atoms with E-state index in [1.54, 1.807) is 0 Å². The molecule has 0 amide bonds. The lowest BCUT2D eigenvalue weighted by Gasteiger charge is -2.39. The molecule has 3 atom stereocenters. The second kappa shape index (κ2) is 5.02. The summed E-state index contributed by atoms with van der Waals surface area (Å²) in [5, 5.41) is 10.6. The SMILES string of the molecule is CC1CCC(O)(c2ccc(C(F)(F)F)c(F)c2)CC1C. The highest BCUT2D eigenvalue weighted by Crippen LogP contribution is 2.43. The second-order valence-electron chi connectivity index (χ2n) is 5.92. The van der Waals surface area contributed by atoms with Crippen LogP contribution in [0.25, 0.3) is 0 Å². The van der Waals surface area contributed by atoms with Crippen molar-refractivity contribution in [1.82, 2.24) is 0 Å². The zero-order chi connectivity index (χ0) is 15.1. The van der Waals surface area contributed by atoms with Crippen LogP contribution >= 0.6 is 0 Å². The van der Waals surface area contributed by atoms with Crippen molar-refractivity contribution < 1.29 is 22.7 Å². The maximum absolute atomic E-state index is 13.6. The van der Waals surface area contributed by atoms with E-state index >= 15 is 0 Å². The van der Waals surface area contributed by atoms with Crippen LogP contribution in [0.2, 0.25) is 0 Å². The van der Waals surface area contributed by atoms with Crippen LogP contribution in [0.3, 0.4) is 0 Å². The molecule has 1 aliphatic carbocycles. The summed E-state index contributed by atoms with van der Waals surface area (Å²) < 4.78 is 51.2. The van der Waals surface area contributed by atoms with E-state index in [2.05, 4.69) is 6.92 Å². The molecule has 1 nitrogen and oxygen atoms in total. The van der Waals surface area contributed by atoms with Crippen LogP contribution < -0.4 is 0 Å². The predicted octanol–water partition coefficient (Wildman–Crippen LogP) is 4.49. The van der Waals surface area contributed by atoms with Gasteiger partial charge in [0, 0.05) is 0 Å². The van der Waals surface area contributed by atoms with E-state index in [0.717, 1.165) is 12.5 Å². The van der Waals surface area contributed by atoms with E-state index in [4.69, 9.17) is 0 Å². The van der Waals surface area contributed by atoms with E-state index in [9.17, 15) is 22.7 Å². The van der Waals surface area contributed by atoms with Gasteiger partial charge in [0.25, 0.3) is 0 Å². The van der Waals surface area contributed by atoms with Crippen molar-refractivity contribution in [2.45, 2.75) is 44.9 Å². The first kappa shape index (κ1) is 15.3. The molecule has 0 heterocycles. The Kier molecular flexibility index (Phi) is 3.84. The molecule has 1 aliphatic rings. The van der Waals surface area contributed by atoms with Crippen LogP contribution in [-0.2, 0) is 11.8 Å². The van der Waals surface area contributed by atoms with Gasteiger partial charge in [-0.05, 0) is 48.8 Å². The van der Waals surface area contributed by atoms with Crippen LogP contribution in [0.4, 0.5) is 17.6 Å². The van der Waals surface area contributed by atoms with Gasteiger partial charge < -0.3 is 5.11 Å². The van der Waals surface area contributed by atoms with Crippen molar-refractivity contribution in [3.05, 3.63) is 35.1 Å². The van der Waals surface area contributed by atoms with Gasteiger partial charge >= 0.3 is 6.18 Å². The van der Waals surface area contributed by atoms with Crippen molar-refractivity contribution in [2.24, 2.45) is 11.8 Å². The second-order valence-corrected chi connectivity index (χ2v) is 5.92. The molecular formula is C15H18F4O. The Labute approximate surface area is 115 Å². The van der Waals surface area contributed by atoms with Gasteiger partial charge in [-0.3, -0.25) is 0 Å². The summed E-state index contributed by atoms with van der Waals surface area (Å²) >= 11 is 0. The average molecular weight is 290 g/mol. The molecule has 112 valence electrons. The number of hydrogen-bond acceptors (Lipinski definition) is 1. The topological polar surface area (TPSA) is 20.2 Å². The number of hydrogen-bond donors (Lipinski definition) is 1. The van der Waals surface area contributed by atoms with Gasteiger partial charge in [0.05, 0.1) is 11.2 Å². The standard InChI is InChI=1S/C15H18F4O/c1-9-5-6-14(20,8-10(9)2)11-3-4-12(13(16)7-11)15(17,18)19/h3-4,7,9-10,20H,5-6,8H2,1-2H3. The minimum Gasteiger partial charge on any atom is -0.385 e. The van der Waals surface area contributed by atoms with E-state index in [-0.39, 0.29) is 11.5 Å². The molecule has 1 N–H and O–H groups in total. The lowest BCUT2D eigenvalue weighted by atomic mass is 9.70. The summed E-state index contributed by atoms with van der Waals surface area (Å²) in [5.41, 5.74) is -2.28. The van der Waals surface area contributed by atoms with E-state index in [0.29, 0.717) is 24.8 Å². The van der Waals surface area contributed by atoms with E-state index in [1.807, 2.05) is 6.92 Å². The quantitative estimate of drug-likeness (QED) is 0.756. The molecule has 1 aromatic carbocycles. The molecule has 3 unspecified atom stereocenters. The third-order valence-electron chi connectivity index (χ3n) is 4.46. The molecule has 0 aromatic heterocycles. The maximum Gasteiger partial charge on any atom is 0.419 e. The average Bonchev–Trinajstić information content (AvgIpc) is 2.33. The van der Waals surface area contributed by atoms with Gasteiger partial charge in [-0.2, -0.15) is 13.2 Å². The van der Waals surface area contributed by atoms with Gasteiger partial charge in [0.2, 0.25) is 0 Å². The Bertz CT molecular complexity index is 497. The molecule has 0 radical (unpaired) electrons. The lowest BCUT2D eigenvalue weighted by molar-refractivity contribution is -0.140. The Morgan fingerprint density at radius 2 is 1.85 bits per heavy atom. The highest BCUT2D eigenvalue weighted by molar-refractivity contribution is 5.30. The number of aliphatic hydroxyl groups is 1. The summed E-state index contributed by atoms with van der Waals surface area (Å²) in [7, 11) is 0.